The van der Waals surface area contributed by atoms with Crippen molar-refractivity contribution in [1.82, 2.24) is 20.2 Å². The molecule has 0 bridgehead atoms. The summed E-state index contributed by atoms with van der Waals surface area (Å²) >= 11 is 0. The fourth-order valence-corrected chi connectivity index (χ4v) is 4.24. The fourth-order valence-electron chi connectivity index (χ4n) is 4.24. The number of hydrogen-bond donors (Lipinski definition) is 3. The van der Waals surface area contributed by atoms with Crippen molar-refractivity contribution in [3.63, 3.8) is 0 Å². The van der Waals surface area contributed by atoms with Gasteiger partial charge in [0.05, 0.1) is 18.4 Å². The van der Waals surface area contributed by atoms with Gasteiger partial charge < -0.3 is 19.8 Å². The standard InChI is InChI=1S/C22H27N5O4/c1-30-12-18(28)23-14-8-9-15(17(11-14)31-2)20-24-21-19(22(29)25-20)16(26-27-21)10-13-6-4-3-5-7-13/h8-9,11,13H,3-7,10,12H2,1-2H3,(H,23,28)(H2,24,25,26,27,29). The van der Waals surface area contributed by atoms with Crippen LogP contribution in [0.25, 0.3) is 22.4 Å². The van der Waals surface area contributed by atoms with Crippen LogP contribution in [0.15, 0.2) is 23.0 Å². The fraction of sp³-hybridized carbons (Fsp3) is 0.455. The van der Waals surface area contributed by atoms with E-state index >= 15 is 0 Å². The van der Waals surface area contributed by atoms with Gasteiger partial charge in [-0.3, -0.25) is 14.7 Å². The first-order valence-electron chi connectivity index (χ1n) is 10.5. The summed E-state index contributed by atoms with van der Waals surface area (Å²) < 4.78 is 10.3. The van der Waals surface area contributed by atoms with Gasteiger partial charge in [0.2, 0.25) is 5.91 Å². The first-order chi connectivity index (χ1) is 15.1. The molecule has 164 valence electrons. The largest absolute Gasteiger partial charge is 0.496 e. The second kappa shape index (κ2) is 9.30. The lowest BCUT2D eigenvalue weighted by Gasteiger charge is -2.20. The number of nitrogens with zero attached hydrogens (tertiary/aromatic N) is 2. The molecule has 1 fully saturated rings. The van der Waals surface area contributed by atoms with Crippen LogP contribution in [-0.4, -0.2) is 46.9 Å². The summed E-state index contributed by atoms with van der Waals surface area (Å²) in [5.74, 6) is 1.14. The number of nitrogens with one attached hydrogen (secondary N) is 3. The van der Waals surface area contributed by atoms with Gasteiger partial charge in [-0.15, -0.1) is 0 Å². The molecule has 1 aliphatic carbocycles. The number of carbonyl (C=O) groups excluding carboxylic acids is 1. The monoisotopic (exact) mass is 425 g/mol. The van der Waals surface area contributed by atoms with Gasteiger partial charge in [0.25, 0.3) is 5.56 Å². The Morgan fingerprint density at radius 1 is 1.23 bits per heavy atom. The van der Waals surface area contributed by atoms with Crippen molar-refractivity contribution in [2.45, 2.75) is 38.5 Å². The summed E-state index contributed by atoms with van der Waals surface area (Å²) in [6.45, 7) is -0.0437. The molecule has 0 radical (unpaired) electrons. The molecule has 0 saturated heterocycles. The Kier molecular flexibility index (Phi) is 6.31. The zero-order valence-corrected chi connectivity index (χ0v) is 17.8. The summed E-state index contributed by atoms with van der Waals surface area (Å²) in [4.78, 5) is 32.1. The number of H-pyrrole nitrogens is 2. The van der Waals surface area contributed by atoms with Gasteiger partial charge in [0.1, 0.15) is 23.6 Å². The highest BCUT2D eigenvalue weighted by Crippen LogP contribution is 2.31. The third kappa shape index (κ3) is 4.61. The molecule has 3 N–H and O–H groups in total. The van der Waals surface area contributed by atoms with Crippen molar-refractivity contribution >= 4 is 22.6 Å². The van der Waals surface area contributed by atoms with E-state index in [9.17, 15) is 9.59 Å². The Labute approximate surface area is 179 Å². The SMILES string of the molecule is COCC(=O)Nc1ccc(-c2nc3n[nH]c(CC4CCCCC4)c3c(=O)[nH]2)c(OC)c1. The van der Waals surface area contributed by atoms with Gasteiger partial charge >= 0.3 is 0 Å². The summed E-state index contributed by atoms with van der Waals surface area (Å²) in [6, 6.07) is 5.13. The number of fused-ring (bicyclic) bond motifs is 1. The van der Waals surface area contributed by atoms with Crippen LogP contribution in [0.3, 0.4) is 0 Å². The molecular formula is C22H27N5O4. The van der Waals surface area contributed by atoms with E-state index in [1.165, 1.54) is 46.3 Å². The topological polar surface area (TPSA) is 122 Å². The second-order valence-corrected chi connectivity index (χ2v) is 7.92. The zero-order chi connectivity index (χ0) is 21.8. The average Bonchev–Trinajstić information content (AvgIpc) is 3.17. The Hall–Kier alpha value is -3.20. The van der Waals surface area contributed by atoms with Crippen LogP contribution in [0.4, 0.5) is 5.69 Å². The Balaban J connectivity index is 1.63. The van der Waals surface area contributed by atoms with Crippen LogP contribution in [0, 0.1) is 5.92 Å². The highest BCUT2D eigenvalue weighted by Gasteiger charge is 2.20. The number of aromatic amines is 2. The summed E-state index contributed by atoms with van der Waals surface area (Å²) in [5.41, 5.74) is 2.18. The Bertz CT molecular complexity index is 1130. The second-order valence-electron chi connectivity index (χ2n) is 7.92. The maximum atomic E-state index is 12.9. The normalized spacial score (nSPS) is 14.6. The van der Waals surface area contributed by atoms with E-state index in [2.05, 4.69) is 25.5 Å². The van der Waals surface area contributed by atoms with Crippen molar-refractivity contribution in [3.8, 4) is 17.1 Å². The number of amides is 1. The maximum absolute atomic E-state index is 12.9. The maximum Gasteiger partial charge on any atom is 0.262 e. The lowest BCUT2D eigenvalue weighted by atomic mass is 9.86. The van der Waals surface area contributed by atoms with Gasteiger partial charge in [-0.1, -0.05) is 32.1 Å². The molecule has 2 heterocycles. The summed E-state index contributed by atoms with van der Waals surface area (Å²) in [6.07, 6.45) is 6.99. The Morgan fingerprint density at radius 2 is 2.03 bits per heavy atom. The first kappa shape index (κ1) is 21.0. The molecule has 3 aromatic rings. The van der Waals surface area contributed by atoms with Crippen molar-refractivity contribution < 1.29 is 14.3 Å². The van der Waals surface area contributed by atoms with Gasteiger partial charge in [-0.25, -0.2) is 4.98 Å². The number of hydrogen-bond acceptors (Lipinski definition) is 6. The molecule has 1 saturated carbocycles. The van der Waals surface area contributed by atoms with Crippen LogP contribution < -0.4 is 15.6 Å². The number of rotatable bonds is 7. The van der Waals surface area contributed by atoms with Crippen LogP contribution >= 0.6 is 0 Å². The molecule has 31 heavy (non-hydrogen) atoms. The number of aromatic nitrogens is 4. The predicted octanol–water partition coefficient (Wildman–Crippen LogP) is 3.03. The van der Waals surface area contributed by atoms with E-state index in [4.69, 9.17) is 9.47 Å². The molecule has 4 rings (SSSR count). The smallest absolute Gasteiger partial charge is 0.262 e. The molecule has 0 unspecified atom stereocenters. The van der Waals surface area contributed by atoms with Gasteiger partial charge in [0, 0.05) is 18.9 Å². The van der Waals surface area contributed by atoms with Gasteiger partial charge in [-0.2, -0.15) is 5.10 Å². The van der Waals surface area contributed by atoms with Gasteiger partial charge in [-0.05, 0) is 24.5 Å². The van der Waals surface area contributed by atoms with Crippen molar-refractivity contribution in [3.05, 3.63) is 34.2 Å². The third-order valence-corrected chi connectivity index (χ3v) is 5.73. The van der Waals surface area contributed by atoms with Gasteiger partial charge in [0.15, 0.2) is 5.65 Å². The van der Waals surface area contributed by atoms with E-state index < -0.39 is 0 Å². The zero-order valence-electron chi connectivity index (χ0n) is 17.8. The first-order valence-corrected chi connectivity index (χ1v) is 10.5. The minimum Gasteiger partial charge on any atom is -0.496 e. The molecule has 1 amide bonds. The van der Waals surface area contributed by atoms with Crippen LogP contribution in [0.5, 0.6) is 5.75 Å². The molecule has 1 aliphatic rings. The van der Waals surface area contributed by atoms with Crippen LogP contribution in [-0.2, 0) is 16.0 Å². The molecule has 0 aliphatic heterocycles. The molecule has 1 aromatic carbocycles. The van der Waals surface area contributed by atoms with E-state index in [-0.39, 0.29) is 18.1 Å². The highest BCUT2D eigenvalue weighted by molar-refractivity contribution is 5.92. The minimum atomic E-state index is -0.271. The lowest BCUT2D eigenvalue weighted by Crippen LogP contribution is -2.17. The molecule has 2 aromatic heterocycles. The lowest BCUT2D eigenvalue weighted by molar-refractivity contribution is -0.119. The van der Waals surface area contributed by atoms with Crippen LogP contribution in [0.2, 0.25) is 0 Å². The number of anilines is 1. The number of ether oxygens (including phenoxy) is 2. The number of benzene rings is 1. The molecule has 0 spiro atoms. The third-order valence-electron chi connectivity index (χ3n) is 5.73. The van der Waals surface area contributed by atoms with Crippen molar-refractivity contribution in [2.24, 2.45) is 5.92 Å². The molecule has 0 atom stereocenters. The van der Waals surface area contributed by atoms with Crippen molar-refractivity contribution in [2.75, 3.05) is 26.1 Å². The van der Waals surface area contributed by atoms with E-state index in [0.717, 1.165) is 12.1 Å². The summed E-state index contributed by atoms with van der Waals surface area (Å²) in [7, 11) is 2.98. The molecular weight excluding hydrogens is 398 g/mol. The average molecular weight is 425 g/mol. The predicted molar refractivity (Wildman–Crippen MR) is 117 cm³/mol. The van der Waals surface area contributed by atoms with Crippen molar-refractivity contribution in [1.29, 1.82) is 0 Å². The molecule has 9 heteroatoms. The Morgan fingerprint density at radius 3 is 2.77 bits per heavy atom. The molecule has 9 nitrogen and oxygen atoms in total. The highest BCUT2D eigenvalue weighted by atomic mass is 16.5. The minimum absolute atomic E-state index is 0.0437. The van der Waals surface area contributed by atoms with E-state index in [1.54, 1.807) is 18.2 Å². The van der Waals surface area contributed by atoms with E-state index in [0.29, 0.717) is 39.8 Å². The van der Waals surface area contributed by atoms with Crippen LogP contribution in [0.1, 0.15) is 37.8 Å². The summed E-state index contributed by atoms with van der Waals surface area (Å²) in [5, 5.41) is 10.6. The number of carbonyl (C=O) groups is 1. The quantitative estimate of drug-likeness (QED) is 0.535. The van der Waals surface area contributed by atoms with E-state index in [1.807, 2.05) is 0 Å². The number of methoxy groups -OCH3 is 2.